The van der Waals surface area contributed by atoms with Crippen molar-refractivity contribution in [2.24, 2.45) is 17.3 Å². The highest BCUT2D eigenvalue weighted by molar-refractivity contribution is 5.96. The molecule has 4 atom stereocenters. The minimum Gasteiger partial charge on any atom is -0.491 e. The fraction of sp³-hybridized carbons (Fsp3) is 0.557. The van der Waals surface area contributed by atoms with Crippen LogP contribution in [0.3, 0.4) is 0 Å². The molecule has 3 aliphatic carbocycles. The Morgan fingerprint density at radius 3 is 2.38 bits per heavy atom. The zero-order valence-corrected chi connectivity index (χ0v) is 47.4. The van der Waals surface area contributed by atoms with Crippen LogP contribution >= 0.6 is 0 Å². The summed E-state index contributed by atoms with van der Waals surface area (Å²) >= 11 is 0. The summed E-state index contributed by atoms with van der Waals surface area (Å²) in [6.45, 7) is 12.0. The van der Waals surface area contributed by atoms with Gasteiger partial charge in [-0.05, 0) is 142 Å². The van der Waals surface area contributed by atoms with Crippen LogP contribution in [0.5, 0.6) is 5.75 Å². The fourth-order valence-electron chi connectivity index (χ4n) is 11.1. The van der Waals surface area contributed by atoms with Crippen molar-refractivity contribution >= 4 is 29.3 Å². The van der Waals surface area contributed by atoms with Gasteiger partial charge < -0.3 is 50.1 Å². The van der Waals surface area contributed by atoms with Gasteiger partial charge in [-0.25, -0.2) is 18.7 Å². The Balaban J connectivity index is 0.677. The molecule has 0 bridgehead atoms. The summed E-state index contributed by atoms with van der Waals surface area (Å²) in [5.74, 6) is 1.43. The minimum absolute atomic E-state index is 0.0351. The van der Waals surface area contributed by atoms with Gasteiger partial charge in [-0.15, -0.1) is 0 Å². The summed E-state index contributed by atoms with van der Waals surface area (Å²) in [5, 5.41) is 20.3. The number of hydrogen-bond donors (Lipinski definition) is 5. The number of hydrogen-bond acceptors (Lipinski definition) is 14. The molecule has 5 aromatic rings. The molecule has 0 radical (unpaired) electrons. The van der Waals surface area contributed by atoms with E-state index in [4.69, 9.17) is 18.6 Å². The number of rotatable bonds is 27. The first-order valence-corrected chi connectivity index (χ1v) is 28.9. The van der Waals surface area contributed by atoms with Crippen molar-refractivity contribution < 1.29 is 46.6 Å². The molecule has 18 nitrogen and oxygen atoms in total. The molecule has 2 fully saturated rings. The number of Topliss-reactive ketones (excluding diaryl/α,β-unsaturated/α-hetero) is 1. The first-order valence-electron chi connectivity index (χ1n) is 28.9. The van der Waals surface area contributed by atoms with Crippen LogP contribution in [0.2, 0.25) is 0 Å². The van der Waals surface area contributed by atoms with Gasteiger partial charge in [0.05, 0.1) is 44.6 Å². The maximum atomic E-state index is 14.7. The molecule has 0 spiro atoms. The van der Waals surface area contributed by atoms with Gasteiger partial charge in [-0.3, -0.25) is 23.9 Å². The van der Waals surface area contributed by atoms with Gasteiger partial charge in [0.25, 0.3) is 6.43 Å². The molecular weight excluding hydrogens is 1040 g/mol. The van der Waals surface area contributed by atoms with E-state index in [0.717, 1.165) is 74.7 Å². The van der Waals surface area contributed by atoms with Crippen molar-refractivity contribution in [3.05, 3.63) is 112 Å². The van der Waals surface area contributed by atoms with E-state index in [1.165, 1.54) is 24.7 Å². The number of ether oxygens (including phenoxy) is 3. The fourth-order valence-corrected chi connectivity index (χ4v) is 11.1. The Morgan fingerprint density at radius 1 is 0.864 bits per heavy atom. The number of carbonyl (C=O) groups excluding carboxylic acids is 4. The number of nitrogens with zero attached hydrogens (tertiary/aromatic N) is 5. The van der Waals surface area contributed by atoms with E-state index in [-0.39, 0.29) is 65.6 Å². The quantitative estimate of drug-likeness (QED) is 0.0248. The highest BCUT2D eigenvalue weighted by Gasteiger charge is 2.43. The lowest BCUT2D eigenvalue weighted by Crippen LogP contribution is -2.62. The molecule has 20 heteroatoms. The highest BCUT2D eigenvalue weighted by atomic mass is 19.3. The van der Waals surface area contributed by atoms with Crippen molar-refractivity contribution in [1.29, 1.82) is 0 Å². The molecule has 3 amide bonds. The van der Waals surface area contributed by atoms with Gasteiger partial charge in [0.15, 0.2) is 5.78 Å². The molecule has 4 aliphatic rings. The zero-order chi connectivity index (χ0) is 57.0. The highest BCUT2D eigenvalue weighted by Crippen LogP contribution is 2.36. The molecule has 0 unspecified atom stereocenters. The normalized spacial score (nSPS) is 19.8. The number of ketones is 1. The standard InChI is InChI=1S/C61H80F2N10O8/c1-38(64-5)57(75)70-55(61(2,3)4)60(77)72-35-44-29-47(20-17-42(44)30-51(72)58(76)68-49-12-8-10-41-9-6-7-11-48(41)49)80-28-27-79-26-25-78-24-23-65-33-39-15-18-46(19-16-39)73-36-45(54(71-73)56(62)63)31-52(74)50-37-81-59(69-50)43-21-22-66-53(32-43)67-34-40-13-14-40/h6-7,9,11,17,20-22,29,32,36-40,46,49,51,55-56,64-65H,8,10,12-16,18-19,23-28,30-31,33-35H2,1-5H3,(H,66,67)(H,68,76)(H,70,75)/t38-,39?,46?,49+,51-,55+/m0/s1. The zero-order valence-electron chi connectivity index (χ0n) is 47.4. The summed E-state index contributed by atoms with van der Waals surface area (Å²) in [6.07, 6.45) is 10.3. The lowest BCUT2D eigenvalue weighted by atomic mass is 9.83. The number of aryl methyl sites for hydroxylation is 1. The minimum atomic E-state index is -2.82. The number of halogens is 2. The van der Waals surface area contributed by atoms with Crippen LogP contribution < -0.4 is 31.3 Å². The van der Waals surface area contributed by atoms with E-state index in [1.807, 2.05) is 57.2 Å². The van der Waals surface area contributed by atoms with Gasteiger partial charge >= 0.3 is 0 Å². The summed E-state index contributed by atoms with van der Waals surface area (Å²) in [6, 6.07) is 15.2. The van der Waals surface area contributed by atoms with E-state index in [9.17, 15) is 28.0 Å². The Kier molecular flexibility index (Phi) is 20.0. The molecule has 1 aliphatic heterocycles. The number of nitrogens with one attached hydrogen (secondary N) is 5. The van der Waals surface area contributed by atoms with Crippen molar-refractivity contribution in [2.75, 3.05) is 65.0 Å². The SMILES string of the molecule is CN[C@@H](C)C(=O)N[C@H](C(=O)N1Cc2cc(OCCOCCOCCNCC3CCC(n4cc(CC(=O)c5coc(-c6ccnc(NCC7CC7)c6)n5)c(C(F)F)n4)CC3)ccc2C[C@H]1C(=O)N[C@@H]1CCCc2ccccc21)C(C)(C)C. The smallest absolute Gasteiger partial charge is 0.282 e. The largest absolute Gasteiger partial charge is 0.491 e. The number of aromatic nitrogens is 4. The summed E-state index contributed by atoms with van der Waals surface area (Å²) in [5.41, 5.74) is 4.08. The molecule has 0 saturated heterocycles. The Bertz CT molecular complexity index is 2930. The van der Waals surface area contributed by atoms with Crippen molar-refractivity contribution in [1.82, 2.24) is 45.9 Å². The van der Waals surface area contributed by atoms with Crippen LogP contribution in [0, 0.1) is 17.3 Å². The van der Waals surface area contributed by atoms with Crippen molar-refractivity contribution in [3.8, 4) is 17.2 Å². The maximum absolute atomic E-state index is 14.7. The van der Waals surface area contributed by atoms with Gasteiger partial charge in [0.2, 0.25) is 23.6 Å². The van der Waals surface area contributed by atoms with Crippen LogP contribution in [0.1, 0.15) is 142 Å². The number of amides is 3. The van der Waals surface area contributed by atoms with Crippen molar-refractivity contribution in [3.63, 3.8) is 0 Å². The van der Waals surface area contributed by atoms with Gasteiger partial charge in [-0.2, -0.15) is 5.10 Å². The van der Waals surface area contributed by atoms with Gasteiger partial charge in [0, 0.05) is 56.0 Å². The van der Waals surface area contributed by atoms with E-state index < -0.39 is 35.7 Å². The number of likely N-dealkylation sites (N-methyl/N-ethyl adjacent to an activating group) is 1. The molecule has 5 N–H and O–H groups in total. The number of oxazole rings is 1. The van der Waals surface area contributed by atoms with E-state index in [0.29, 0.717) is 75.0 Å². The van der Waals surface area contributed by atoms with Crippen LogP contribution in [0.15, 0.2) is 77.7 Å². The molecule has 3 aromatic heterocycles. The predicted molar refractivity (Wildman–Crippen MR) is 302 cm³/mol. The van der Waals surface area contributed by atoms with E-state index >= 15 is 0 Å². The van der Waals surface area contributed by atoms with Crippen LogP contribution in [0.4, 0.5) is 14.6 Å². The van der Waals surface area contributed by atoms with Crippen LogP contribution in [-0.2, 0) is 49.7 Å². The Hall–Kier alpha value is -6.61. The lowest BCUT2D eigenvalue weighted by molar-refractivity contribution is -0.147. The monoisotopic (exact) mass is 1120 g/mol. The first kappa shape index (κ1) is 59.0. The van der Waals surface area contributed by atoms with Crippen molar-refractivity contribution in [2.45, 2.75) is 142 Å². The first-order chi connectivity index (χ1) is 39.1. The molecule has 9 rings (SSSR count). The number of pyridine rings is 1. The average molecular weight is 1120 g/mol. The number of fused-ring (bicyclic) bond motifs is 2. The lowest BCUT2D eigenvalue weighted by Gasteiger charge is -2.41. The predicted octanol–water partition coefficient (Wildman–Crippen LogP) is 8.14. The number of carbonyl (C=O) groups is 4. The molecular formula is C61H80F2N10O8. The van der Waals surface area contributed by atoms with Crippen LogP contribution in [0.25, 0.3) is 11.5 Å². The molecule has 436 valence electrons. The topological polar surface area (TPSA) is 216 Å². The Morgan fingerprint density at radius 2 is 1.62 bits per heavy atom. The van der Waals surface area contributed by atoms with E-state index in [1.54, 1.807) is 42.0 Å². The van der Waals surface area contributed by atoms with E-state index in [2.05, 4.69) is 53.8 Å². The maximum Gasteiger partial charge on any atom is 0.282 e. The summed E-state index contributed by atoms with van der Waals surface area (Å²) < 4.78 is 53.5. The second kappa shape index (κ2) is 27.4. The Labute approximate surface area is 473 Å². The third-order valence-corrected chi connectivity index (χ3v) is 16.2. The average Bonchev–Trinajstić information content (AvgIpc) is 4.08. The summed E-state index contributed by atoms with van der Waals surface area (Å²) in [7, 11) is 1.69. The molecule has 4 heterocycles. The number of anilines is 1. The number of benzene rings is 2. The second-order valence-electron chi connectivity index (χ2n) is 23.3. The van der Waals surface area contributed by atoms with Crippen LogP contribution in [-0.4, -0.2) is 126 Å². The molecule has 81 heavy (non-hydrogen) atoms. The third-order valence-electron chi connectivity index (χ3n) is 16.2. The molecule has 2 saturated carbocycles. The van der Waals surface area contributed by atoms with Gasteiger partial charge in [0.1, 0.15) is 47.9 Å². The molecule has 2 aromatic carbocycles. The summed E-state index contributed by atoms with van der Waals surface area (Å²) in [4.78, 5) is 66.0. The van der Waals surface area contributed by atoms with Gasteiger partial charge in [-0.1, -0.05) is 51.1 Å². The third kappa shape index (κ3) is 15.7. The second-order valence-corrected chi connectivity index (χ2v) is 23.3. The number of alkyl halides is 2.